The van der Waals surface area contributed by atoms with Crippen molar-refractivity contribution in [1.82, 2.24) is 34.8 Å². The van der Waals surface area contributed by atoms with Crippen molar-refractivity contribution >= 4 is 29.3 Å². The molecule has 194 valence electrons. The van der Waals surface area contributed by atoms with Crippen LogP contribution in [0.1, 0.15) is 28.8 Å². The lowest BCUT2D eigenvalue weighted by molar-refractivity contribution is 0.102. The number of nitrogens with zero attached hydrogens (tertiary/aromatic N) is 8. The molecule has 5 rings (SSSR count). The molecule has 1 aliphatic heterocycles. The van der Waals surface area contributed by atoms with E-state index >= 15 is 0 Å². The van der Waals surface area contributed by atoms with E-state index in [9.17, 15) is 4.79 Å². The lowest BCUT2D eigenvalue weighted by Crippen LogP contribution is -2.47. The average molecular weight is 511 g/mol. The van der Waals surface area contributed by atoms with E-state index in [-0.39, 0.29) is 5.91 Å². The standard InChI is InChI=1S/C27H30N10O/c1-2-23-32-26(33-24-9-8-20(18-30-24)25(38)31-21-6-4-3-5-7-21)35-27(34-23)37-16-14-36(15-17-37)13-10-22-19-28-11-12-29-22/h3-9,11-12,18-19H,2,10,13-17H2,1H3,(H,31,38)(H,30,32,33,34,35). The minimum absolute atomic E-state index is 0.221. The van der Waals surface area contributed by atoms with Crippen molar-refractivity contribution in [3.8, 4) is 0 Å². The third kappa shape index (κ3) is 6.62. The number of amides is 1. The number of pyridine rings is 1. The lowest BCUT2D eigenvalue weighted by atomic mass is 10.2. The van der Waals surface area contributed by atoms with E-state index in [4.69, 9.17) is 0 Å². The van der Waals surface area contributed by atoms with Crippen LogP contribution in [0.25, 0.3) is 0 Å². The van der Waals surface area contributed by atoms with Gasteiger partial charge in [0.05, 0.1) is 11.3 Å². The van der Waals surface area contributed by atoms with E-state index in [2.05, 4.69) is 50.3 Å². The van der Waals surface area contributed by atoms with Crippen LogP contribution < -0.4 is 15.5 Å². The summed E-state index contributed by atoms with van der Waals surface area (Å²) in [7, 11) is 0. The molecule has 38 heavy (non-hydrogen) atoms. The second-order valence-electron chi connectivity index (χ2n) is 8.88. The molecule has 1 amide bonds. The van der Waals surface area contributed by atoms with Crippen molar-refractivity contribution < 1.29 is 4.79 Å². The fraction of sp³-hybridized carbons (Fsp3) is 0.296. The Balaban J connectivity index is 1.19. The molecule has 1 saturated heterocycles. The maximum absolute atomic E-state index is 12.5. The van der Waals surface area contributed by atoms with Gasteiger partial charge in [0, 0.05) is 76.0 Å². The van der Waals surface area contributed by atoms with Crippen molar-refractivity contribution in [3.05, 3.63) is 84.3 Å². The van der Waals surface area contributed by atoms with Gasteiger partial charge in [0.1, 0.15) is 11.6 Å². The zero-order valence-electron chi connectivity index (χ0n) is 21.3. The predicted octanol–water partition coefficient (Wildman–Crippen LogP) is 2.98. The quantitative estimate of drug-likeness (QED) is 0.347. The van der Waals surface area contributed by atoms with Gasteiger partial charge < -0.3 is 15.5 Å². The van der Waals surface area contributed by atoms with Crippen LogP contribution in [0.3, 0.4) is 0 Å². The number of carbonyl (C=O) groups is 1. The van der Waals surface area contributed by atoms with E-state index in [1.807, 2.05) is 43.5 Å². The highest BCUT2D eigenvalue weighted by molar-refractivity contribution is 6.04. The number of anilines is 4. The van der Waals surface area contributed by atoms with Gasteiger partial charge in [-0.15, -0.1) is 0 Å². The number of nitrogens with one attached hydrogen (secondary N) is 2. The summed E-state index contributed by atoms with van der Waals surface area (Å²) in [6, 6.07) is 12.8. The van der Waals surface area contributed by atoms with E-state index < -0.39 is 0 Å². The molecular weight excluding hydrogens is 480 g/mol. The summed E-state index contributed by atoms with van der Waals surface area (Å²) in [6.45, 7) is 6.47. The Bertz CT molecular complexity index is 1330. The number of carbonyl (C=O) groups excluding carboxylic acids is 1. The highest BCUT2D eigenvalue weighted by Crippen LogP contribution is 2.18. The van der Waals surface area contributed by atoms with Crippen molar-refractivity contribution in [3.63, 3.8) is 0 Å². The largest absolute Gasteiger partial charge is 0.338 e. The maximum Gasteiger partial charge on any atom is 0.257 e. The molecule has 2 N–H and O–H groups in total. The topological polar surface area (TPSA) is 125 Å². The Hall–Kier alpha value is -4.51. The highest BCUT2D eigenvalue weighted by Gasteiger charge is 2.20. The summed E-state index contributed by atoms with van der Waals surface area (Å²) in [5, 5.41) is 6.02. The Kier molecular flexibility index (Phi) is 8.04. The summed E-state index contributed by atoms with van der Waals surface area (Å²) >= 11 is 0. The van der Waals surface area contributed by atoms with E-state index in [1.165, 1.54) is 6.20 Å². The second kappa shape index (κ2) is 12.2. The van der Waals surface area contributed by atoms with Gasteiger partial charge in [0.25, 0.3) is 5.91 Å². The summed E-state index contributed by atoms with van der Waals surface area (Å²) in [6.07, 6.45) is 8.36. The van der Waals surface area contributed by atoms with E-state index in [0.29, 0.717) is 35.5 Å². The highest BCUT2D eigenvalue weighted by atomic mass is 16.1. The number of aromatic nitrogens is 6. The Labute approximate surface area is 221 Å². The van der Waals surface area contributed by atoms with Crippen LogP contribution in [0, 0.1) is 0 Å². The van der Waals surface area contributed by atoms with Crippen LogP contribution in [-0.2, 0) is 12.8 Å². The smallest absolute Gasteiger partial charge is 0.257 e. The Morgan fingerprint density at radius 1 is 0.921 bits per heavy atom. The molecule has 0 atom stereocenters. The van der Waals surface area contributed by atoms with Gasteiger partial charge in [0.2, 0.25) is 11.9 Å². The molecule has 3 aromatic heterocycles. The normalized spacial score (nSPS) is 13.8. The number of hydrogen-bond acceptors (Lipinski definition) is 10. The SMILES string of the molecule is CCc1nc(Nc2ccc(C(=O)Nc3ccccc3)cn2)nc(N2CCN(CCc3cnccn3)CC2)n1. The average Bonchev–Trinajstić information content (AvgIpc) is 2.97. The van der Waals surface area contributed by atoms with Gasteiger partial charge in [-0.25, -0.2) is 4.98 Å². The summed E-state index contributed by atoms with van der Waals surface area (Å²) in [5.41, 5.74) is 2.20. The molecule has 0 saturated carbocycles. The summed E-state index contributed by atoms with van der Waals surface area (Å²) in [4.78, 5) is 43.9. The van der Waals surface area contributed by atoms with Gasteiger partial charge in [-0.3, -0.25) is 19.7 Å². The first kappa shape index (κ1) is 25.2. The van der Waals surface area contributed by atoms with Crippen LogP contribution in [0.2, 0.25) is 0 Å². The van der Waals surface area contributed by atoms with Gasteiger partial charge >= 0.3 is 0 Å². The molecule has 1 fully saturated rings. The number of piperazine rings is 1. The molecule has 11 heteroatoms. The van der Waals surface area contributed by atoms with E-state index in [1.54, 1.807) is 24.5 Å². The number of para-hydroxylation sites is 1. The van der Waals surface area contributed by atoms with Crippen LogP contribution >= 0.6 is 0 Å². The van der Waals surface area contributed by atoms with Crippen molar-refractivity contribution in [2.75, 3.05) is 48.3 Å². The number of benzene rings is 1. The zero-order chi connectivity index (χ0) is 26.2. The molecule has 0 aliphatic carbocycles. The first-order valence-electron chi connectivity index (χ1n) is 12.7. The minimum Gasteiger partial charge on any atom is -0.338 e. The van der Waals surface area contributed by atoms with Crippen LogP contribution in [-0.4, -0.2) is 73.4 Å². The summed E-state index contributed by atoms with van der Waals surface area (Å²) < 4.78 is 0. The monoisotopic (exact) mass is 510 g/mol. The predicted molar refractivity (Wildman–Crippen MR) is 146 cm³/mol. The molecule has 0 spiro atoms. The minimum atomic E-state index is -0.221. The van der Waals surface area contributed by atoms with Gasteiger partial charge in [-0.05, 0) is 24.3 Å². The third-order valence-electron chi connectivity index (χ3n) is 6.24. The number of aryl methyl sites for hydroxylation is 1. The van der Waals surface area contributed by atoms with Crippen LogP contribution in [0.4, 0.5) is 23.4 Å². The third-order valence-corrected chi connectivity index (χ3v) is 6.24. The van der Waals surface area contributed by atoms with Crippen molar-refractivity contribution in [2.45, 2.75) is 19.8 Å². The molecule has 0 radical (unpaired) electrons. The van der Waals surface area contributed by atoms with Gasteiger partial charge in [-0.1, -0.05) is 25.1 Å². The molecule has 4 heterocycles. The fourth-order valence-corrected chi connectivity index (χ4v) is 4.11. The first-order chi connectivity index (χ1) is 18.7. The molecule has 0 unspecified atom stereocenters. The zero-order valence-corrected chi connectivity index (χ0v) is 21.3. The molecule has 0 bridgehead atoms. The van der Waals surface area contributed by atoms with Crippen molar-refractivity contribution in [2.24, 2.45) is 0 Å². The molecule has 1 aliphatic rings. The fourth-order valence-electron chi connectivity index (χ4n) is 4.11. The summed E-state index contributed by atoms with van der Waals surface area (Å²) in [5.74, 6) is 2.13. The first-order valence-corrected chi connectivity index (χ1v) is 12.7. The molecule has 4 aromatic rings. The molecule has 11 nitrogen and oxygen atoms in total. The Morgan fingerprint density at radius 3 is 2.47 bits per heavy atom. The second-order valence-corrected chi connectivity index (χ2v) is 8.88. The van der Waals surface area contributed by atoms with Crippen LogP contribution in [0.15, 0.2) is 67.3 Å². The Morgan fingerprint density at radius 2 is 1.76 bits per heavy atom. The van der Waals surface area contributed by atoms with E-state index in [0.717, 1.165) is 50.5 Å². The maximum atomic E-state index is 12.5. The molecule has 1 aromatic carbocycles. The number of hydrogen-bond donors (Lipinski definition) is 2. The van der Waals surface area contributed by atoms with Gasteiger partial charge in [0.15, 0.2) is 0 Å². The van der Waals surface area contributed by atoms with Gasteiger partial charge in [-0.2, -0.15) is 15.0 Å². The van der Waals surface area contributed by atoms with Crippen LogP contribution in [0.5, 0.6) is 0 Å². The van der Waals surface area contributed by atoms with Crippen molar-refractivity contribution in [1.29, 1.82) is 0 Å². The lowest BCUT2D eigenvalue weighted by Gasteiger charge is -2.34. The number of rotatable bonds is 9. The molecular formula is C27H30N10O.